The number of sulfonamides is 1. The van der Waals surface area contributed by atoms with E-state index in [4.69, 9.17) is 4.74 Å². The van der Waals surface area contributed by atoms with Crippen molar-refractivity contribution in [2.45, 2.75) is 12.8 Å². The second kappa shape index (κ2) is 9.18. The Kier molecular flexibility index (Phi) is 7.20. The molecular weight excluding hydrogens is 439 g/mol. The Morgan fingerprint density at radius 3 is 2.59 bits per heavy atom. The van der Waals surface area contributed by atoms with Crippen LogP contribution in [0.5, 0.6) is 5.75 Å². The number of hydrogen-bond acceptors (Lipinski definition) is 4. The number of nitrogens with one attached hydrogen (secondary N) is 1. The second-order valence-electron chi connectivity index (χ2n) is 5.78. The molecule has 2 aromatic carbocycles. The van der Waals surface area contributed by atoms with E-state index in [1.165, 1.54) is 23.5 Å². The maximum atomic E-state index is 13.8. The van der Waals surface area contributed by atoms with Crippen LogP contribution in [0.2, 0.25) is 0 Å². The number of ether oxygens (including phenoxy) is 1. The molecule has 0 aliphatic heterocycles. The fourth-order valence-electron chi connectivity index (χ4n) is 2.49. The summed E-state index contributed by atoms with van der Waals surface area (Å²) in [5.41, 5.74) is 0.481. The topological polar surface area (TPSA) is 75.7 Å². The number of anilines is 2. The van der Waals surface area contributed by atoms with Gasteiger partial charge in [-0.1, -0.05) is 28.1 Å². The lowest BCUT2D eigenvalue weighted by molar-refractivity contribution is -0.116. The lowest BCUT2D eigenvalue weighted by Gasteiger charge is -2.24. The minimum absolute atomic E-state index is 0.0384. The molecule has 9 heteroatoms. The molecule has 0 heterocycles. The molecule has 0 atom stereocenters. The van der Waals surface area contributed by atoms with Crippen LogP contribution in [0.15, 0.2) is 46.9 Å². The number of benzene rings is 2. The van der Waals surface area contributed by atoms with Gasteiger partial charge in [0.05, 0.1) is 24.7 Å². The minimum Gasteiger partial charge on any atom is -0.495 e. The van der Waals surface area contributed by atoms with Gasteiger partial charge in [-0.2, -0.15) is 0 Å². The molecule has 0 radical (unpaired) electrons. The Hall–Kier alpha value is -2.13. The van der Waals surface area contributed by atoms with Crippen LogP contribution in [-0.2, 0) is 14.8 Å². The van der Waals surface area contributed by atoms with Gasteiger partial charge in [-0.05, 0) is 36.8 Å². The van der Waals surface area contributed by atoms with Crippen LogP contribution in [0.1, 0.15) is 12.8 Å². The van der Waals surface area contributed by atoms with E-state index >= 15 is 0 Å². The zero-order chi connectivity index (χ0) is 20.0. The molecule has 0 saturated carbocycles. The third-order valence-electron chi connectivity index (χ3n) is 3.72. The van der Waals surface area contributed by atoms with E-state index in [2.05, 4.69) is 21.2 Å². The highest BCUT2D eigenvalue weighted by atomic mass is 79.9. The largest absolute Gasteiger partial charge is 0.495 e. The molecule has 2 rings (SSSR count). The molecule has 2 aromatic rings. The molecule has 146 valence electrons. The standard InChI is InChI=1S/C18H20BrFN2O4S/c1-26-17-7-4-3-6-16(17)22(27(2,24)25)11-5-8-18(23)21-15-10-9-13(19)12-14(15)20/h3-4,6-7,9-10,12H,5,8,11H2,1-2H3,(H,21,23). The van der Waals surface area contributed by atoms with Crippen LogP contribution in [0.25, 0.3) is 0 Å². The summed E-state index contributed by atoms with van der Waals surface area (Å²) in [6.45, 7) is 0.0927. The van der Waals surface area contributed by atoms with E-state index < -0.39 is 21.7 Å². The molecule has 0 fully saturated rings. The van der Waals surface area contributed by atoms with Crippen molar-refractivity contribution < 1.29 is 22.3 Å². The van der Waals surface area contributed by atoms with Crippen LogP contribution in [-0.4, -0.2) is 34.2 Å². The summed E-state index contributed by atoms with van der Waals surface area (Å²) in [6, 6.07) is 11.1. The molecule has 0 aliphatic rings. The normalized spacial score (nSPS) is 11.1. The highest BCUT2D eigenvalue weighted by Crippen LogP contribution is 2.29. The fourth-order valence-corrected chi connectivity index (χ4v) is 3.79. The number of hydrogen-bond donors (Lipinski definition) is 1. The fraction of sp³-hybridized carbons (Fsp3) is 0.278. The first-order chi connectivity index (χ1) is 12.7. The SMILES string of the molecule is COc1ccccc1N(CCCC(=O)Nc1ccc(Br)cc1F)S(C)(=O)=O. The van der Waals surface area contributed by atoms with Crippen molar-refractivity contribution in [2.75, 3.05) is 29.5 Å². The van der Waals surface area contributed by atoms with Gasteiger partial charge in [0.2, 0.25) is 15.9 Å². The zero-order valence-corrected chi connectivity index (χ0v) is 17.3. The van der Waals surface area contributed by atoms with Gasteiger partial charge < -0.3 is 10.1 Å². The Balaban J connectivity index is 2.02. The average Bonchev–Trinajstić information content (AvgIpc) is 2.60. The second-order valence-corrected chi connectivity index (χ2v) is 8.61. The Morgan fingerprint density at radius 2 is 1.96 bits per heavy atom. The van der Waals surface area contributed by atoms with Crippen molar-refractivity contribution in [1.82, 2.24) is 0 Å². The predicted octanol–water partition coefficient (Wildman–Crippen LogP) is 3.78. The first-order valence-electron chi connectivity index (χ1n) is 8.08. The van der Waals surface area contributed by atoms with E-state index in [0.29, 0.717) is 15.9 Å². The van der Waals surface area contributed by atoms with Gasteiger partial charge in [0, 0.05) is 17.4 Å². The monoisotopic (exact) mass is 458 g/mol. The van der Waals surface area contributed by atoms with Crippen LogP contribution in [0.3, 0.4) is 0 Å². The van der Waals surface area contributed by atoms with E-state index in [-0.39, 0.29) is 25.1 Å². The molecule has 0 aliphatic carbocycles. The molecule has 1 N–H and O–H groups in total. The van der Waals surface area contributed by atoms with Crippen LogP contribution < -0.4 is 14.4 Å². The summed E-state index contributed by atoms with van der Waals surface area (Å²) in [5.74, 6) is -0.529. The van der Waals surface area contributed by atoms with Crippen molar-refractivity contribution in [2.24, 2.45) is 0 Å². The van der Waals surface area contributed by atoms with Crippen molar-refractivity contribution in [1.29, 1.82) is 0 Å². The summed E-state index contributed by atoms with van der Waals surface area (Å²) >= 11 is 3.15. The molecule has 1 amide bonds. The molecule has 27 heavy (non-hydrogen) atoms. The first-order valence-corrected chi connectivity index (χ1v) is 10.7. The number of carbonyl (C=O) groups is 1. The van der Waals surface area contributed by atoms with Gasteiger partial charge in [0.25, 0.3) is 0 Å². The molecular formula is C18H20BrFN2O4S. The zero-order valence-electron chi connectivity index (χ0n) is 14.9. The van der Waals surface area contributed by atoms with Crippen molar-refractivity contribution in [3.8, 4) is 5.75 Å². The molecule has 6 nitrogen and oxygen atoms in total. The van der Waals surface area contributed by atoms with E-state index in [9.17, 15) is 17.6 Å². The van der Waals surface area contributed by atoms with Crippen LogP contribution in [0.4, 0.5) is 15.8 Å². The Bertz CT molecular complexity index is 921. The van der Waals surface area contributed by atoms with Crippen LogP contribution >= 0.6 is 15.9 Å². The van der Waals surface area contributed by atoms with Crippen LogP contribution in [0, 0.1) is 5.82 Å². The molecule has 0 saturated heterocycles. The summed E-state index contributed by atoms with van der Waals surface area (Å²) in [4.78, 5) is 12.1. The maximum Gasteiger partial charge on any atom is 0.232 e. The summed E-state index contributed by atoms with van der Waals surface area (Å²) in [5, 5.41) is 2.48. The number of para-hydroxylation sites is 2. The smallest absolute Gasteiger partial charge is 0.232 e. The van der Waals surface area contributed by atoms with Gasteiger partial charge in [0.15, 0.2) is 0 Å². The van der Waals surface area contributed by atoms with Crippen molar-refractivity contribution >= 4 is 43.2 Å². The molecule has 0 spiro atoms. The third-order valence-corrected chi connectivity index (χ3v) is 5.40. The lowest BCUT2D eigenvalue weighted by Crippen LogP contribution is -2.31. The predicted molar refractivity (Wildman–Crippen MR) is 107 cm³/mol. The van der Waals surface area contributed by atoms with Gasteiger partial charge in [-0.25, -0.2) is 12.8 Å². The number of nitrogens with zero attached hydrogens (tertiary/aromatic N) is 1. The molecule has 0 bridgehead atoms. The maximum absolute atomic E-state index is 13.8. The number of carbonyl (C=O) groups excluding carboxylic acids is 1. The summed E-state index contributed by atoms with van der Waals surface area (Å²) < 4.78 is 45.1. The molecule has 0 unspecified atom stereocenters. The van der Waals surface area contributed by atoms with E-state index in [1.807, 2.05) is 0 Å². The Morgan fingerprint density at radius 1 is 1.26 bits per heavy atom. The first kappa shape index (κ1) is 21.2. The van der Waals surface area contributed by atoms with E-state index in [1.54, 1.807) is 30.3 Å². The average molecular weight is 459 g/mol. The van der Waals surface area contributed by atoms with Gasteiger partial charge in [-0.3, -0.25) is 9.10 Å². The third kappa shape index (κ3) is 5.93. The highest BCUT2D eigenvalue weighted by Gasteiger charge is 2.21. The number of halogens is 2. The number of amides is 1. The molecule has 0 aromatic heterocycles. The number of rotatable bonds is 8. The van der Waals surface area contributed by atoms with Gasteiger partial charge in [0.1, 0.15) is 11.6 Å². The number of methoxy groups -OCH3 is 1. The highest BCUT2D eigenvalue weighted by molar-refractivity contribution is 9.10. The Labute approximate surface area is 166 Å². The van der Waals surface area contributed by atoms with Crippen molar-refractivity contribution in [3.05, 3.63) is 52.8 Å². The minimum atomic E-state index is -3.56. The summed E-state index contributed by atoms with van der Waals surface area (Å²) in [6.07, 6.45) is 1.39. The van der Waals surface area contributed by atoms with Gasteiger partial charge >= 0.3 is 0 Å². The van der Waals surface area contributed by atoms with Gasteiger partial charge in [-0.15, -0.1) is 0 Å². The lowest BCUT2D eigenvalue weighted by atomic mass is 10.2. The quantitative estimate of drug-likeness (QED) is 0.652. The van der Waals surface area contributed by atoms with Crippen molar-refractivity contribution in [3.63, 3.8) is 0 Å². The van der Waals surface area contributed by atoms with E-state index in [0.717, 1.165) is 6.26 Å². The summed E-state index contributed by atoms with van der Waals surface area (Å²) in [7, 11) is -2.10.